The fourth-order valence-corrected chi connectivity index (χ4v) is 4.29. The van der Waals surface area contributed by atoms with Crippen molar-refractivity contribution < 1.29 is 4.74 Å². The lowest BCUT2D eigenvalue weighted by atomic mass is 10.1. The van der Waals surface area contributed by atoms with Gasteiger partial charge < -0.3 is 10.1 Å². The predicted octanol–water partition coefficient (Wildman–Crippen LogP) is 3.57. The van der Waals surface area contributed by atoms with Crippen molar-refractivity contribution in [1.82, 2.24) is 19.7 Å². The van der Waals surface area contributed by atoms with Gasteiger partial charge in [0, 0.05) is 32.4 Å². The molecule has 2 aromatic heterocycles. The molecule has 3 aromatic rings. The number of nitrogens with one attached hydrogen (secondary N) is 1. The number of anilines is 1. The van der Waals surface area contributed by atoms with Gasteiger partial charge in [0.1, 0.15) is 5.69 Å². The molecule has 1 saturated heterocycles. The quantitative estimate of drug-likeness (QED) is 0.661. The molecule has 0 unspecified atom stereocenters. The summed E-state index contributed by atoms with van der Waals surface area (Å²) < 4.78 is 7.44. The lowest BCUT2D eigenvalue weighted by Crippen LogP contribution is -2.38. The molecule has 1 aromatic carbocycles. The molecule has 0 radical (unpaired) electrons. The molecule has 0 saturated carbocycles. The van der Waals surface area contributed by atoms with Gasteiger partial charge in [0.2, 0.25) is 0 Å². The number of hydrogen-bond donors (Lipinski definition) is 1. The second-order valence-electron chi connectivity index (χ2n) is 7.13. The van der Waals surface area contributed by atoms with Crippen LogP contribution in [0.4, 0.5) is 5.13 Å². The van der Waals surface area contributed by atoms with Crippen LogP contribution in [0.2, 0.25) is 0 Å². The third-order valence-electron chi connectivity index (χ3n) is 5.11. The molecule has 4 rings (SSSR count). The highest BCUT2D eigenvalue weighted by molar-refractivity contribution is 7.19. The van der Waals surface area contributed by atoms with Gasteiger partial charge in [-0.25, -0.2) is 4.98 Å². The molecule has 0 amide bonds. The first-order chi connectivity index (χ1) is 13.7. The Labute approximate surface area is 170 Å². The summed E-state index contributed by atoms with van der Waals surface area (Å²) in [5.41, 5.74) is 4.61. The van der Waals surface area contributed by atoms with E-state index in [0.717, 1.165) is 67.3 Å². The van der Waals surface area contributed by atoms with Crippen LogP contribution in [0.15, 0.2) is 36.5 Å². The summed E-state index contributed by atoms with van der Waals surface area (Å²) in [7, 11) is 0. The van der Waals surface area contributed by atoms with E-state index >= 15 is 0 Å². The van der Waals surface area contributed by atoms with Crippen LogP contribution in [-0.2, 0) is 17.8 Å². The van der Waals surface area contributed by atoms with Gasteiger partial charge in [-0.3, -0.25) is 9.58 Å². The van der Waals surface area contributed by atoms with E-state index in [9.17, 15) is 0 Å². The zero-order valence-electron chi connectivity index (χ0n) is 16.5. The van der Waals surface area contributed by atoms with Crippen LogP contribution < -0.4 is 5.32 Å². The number of hydrogen-bond acceptors (Lipinski definition) is 6. The summed E-state index contributed by atoms with van der Waals surface area (Å²) in [5, 5.41) is 9.18. The number of benzene rings is 1. The number of ether oxygens (including phenoxy) is 1. The summed E-state index contributed by atoms with van der Waals surface area (Å²) in [5.74, 6) is 0. The van der Waals surface area contributed by atoms with E-state index in [1.54, 1.807) is 11.3 Å². The van der Waals surface area contributed by atoms with Crippen LogP contribution in [0.25, 0.3) is 10.6 Å². The van der Waals surface area contributed by atoms with E-state index in [1.165, 1.54) is 11.1 Å². The predicted molar refractivity (Wildman–Crippen MR) is 114 cm³/mol. The standard InChI is InChI=1S/C21H27N5OS/c1-16-5-3-4-6-18(16)15-22-21-23-17(2)20(28-21)19-7-8-26(24-19)10-9-25-11-13-27-14-12-25/h3-8H,9-15H2,1-2H3,(H,22,23). The van der Waals surface area contributed by atoms with Crippen LogP contribution in [-0.4, -0.2) is 52.5 Å². The molecule has 1 fully saturated rings. The highest BCUT2D eigenvalue weighted by Crippen LogP contribution is 2.31. The molecule has 3 heterocycles. The molecule has 0 spiro atoms. The average Bonchev–Trinajstić information content (AvgIpc) is 3.33. The van der Waals surface area contributed by atoms with Gasteiger partial charge in [-0.2, -0.15) is 5.10 Å². The number of morpholine rings is 1. The van der Waals surface area contributed by atoms with Gasteiger partial charge >= 0.3 is 0 Å². The van der Waals surface area contributed by atoms with Crippen molar-refractivity contribution in [3.8, 4) is 10.6 Å². The molecule has 0 atom stereocenters. The van der Waals surface area contributed by atoms with Crippen molar-refractivity contribution in [2.45, 2.75) is 26.9 Å². The van der Waals surface area contributed by atoms with Crippen molar-refractivity contribution in [3.05, 3.63) is 53.3 Å². The average molecular weight is 398 g/mol. The first-order valence-corrected chi connectivity index (χ1v) is 10.6. The molecule has 0 aliphatic carbocycles. The lowest BCUT2D eigenvalue weighted by Gasteiger charge is -2.26. The van der Waals surface area contributed by atoms with Crippen LogP contribution in [0, 0.1) is 13.8 Å². The maximum Gasteiger partial charge on any atom is 0.183 e. The Morgan fingerprint density at radius 2 is 1.93 bits per heavy atom. The lowest BCUT2D eigenvalue weighted by molar-refractivity contribution is 0.0360. The number of aromatic nitrogens is 3. The van der Waals surface area contributed by atoms with Crippen molar-refractivity contribution in [2.75, 3.05) is 38.2 Å². The molecular weight excluding hydrogens is 370 g/mol. The molecule has 148 valence electrons. The molecule has 1 aliphatic heterocycles. The molecule has 7 heteroatoms. The normalized spacial score (nSPS) is 15.1. The first kappa shape index (κ1) is 19.1. The number of aryl methyl sites for hydroxylation is 2. The molecule has 28 heavy (non-hydrogen) atoms. The summed E-state index contributed by atoms with van der Waals surface area (Å²) in [6, 6.07) is 10.5. The van der Waals surface area contributed by atoms with Crippen molar-refractivity contribution in [2.24, 2.45) is 0 Å². The maximum absolute atomic E-state index is 5.41. The fraction of sp³-hybridized carbons (Fsp3) is 0.429. The smallest absolute Gasteiger partial charge is 0.183 e. The Balaban J connectivity index is 1.38. The second-order valence-corrected chi connectivity index (χ2v) is 8.13. The van der Waals surface area contributed by atoms with Crippen molar-refractivity contribution in [3.63, 3.8) is 0 Å². The van der Waals surface area contributed by atoms with Crippen LogP contribution >= 0.6 is 11.3 Å². The van der Waals surface area contributed by atoms with Crippen LogP contribution in [0.3, 0.4) is 0 Å². The topological polar surface area (TPSA) is 55.2 Å². The SMILES string of the molecule is Cc1ccccc1CNc1nc(C)c(-c2ccn(CCN3CCOCC3)n2)s1. The summed E-state index contributed by atoms with van der Waals surface area (Å²) >= 11 is 1.67. The highest BCUT2D eigenvalue weighted by Gasteiger charge is 2.14. The Bertz CT molecular complexity index is 913. The fourth-order valence-electron chi connectivity index (χ4n) is 3.36. The highest BCUT2D eigenvalue weighted by atomic mass is 32.1. The Morgan fingerprint density at radius 1 is 1.11 bits per heavy atom. The minimum Gasteiger partial charge on any atom is -0.379 e. The van der Waals surface area contributed by atoms with Gasteiger partial charge in [0.05, 0.1) is 30.3 Å². The minimum absolute atomic E-state index is 0.785. The molecular formula is C21H27N5OS. The zero-order chi connectivity index (χ0) is 19.3. The minimum atomic E-state index is 0.785. The van der Waals surface area contributed by atoms with E-state index in [0.29, 0.717) is 0 Å². The van der Waals surface area contributed by atoms with E-state index in [4.69, 9.17) is 14.8 Å². The molecule has 1 aliphatic rings. The van der Waals surface area contributed by atoms with Crippen molar-refractivity contribution >= 4 is 16.5 Å². The van der Waals surface area contributed by atoms with Gasteiger partial charge in [-0.1, -0.05) is 35.6 Å². The molecule has 0 bridgehead atoms. The third kappa shape index (κ3) is 4.60. The number of thiazole rings is 1. The largest absolute Gasteiger partial charge is 0.379 e. The number of nitrogens with zero attached hydrogens (tertiary/aromatic N) is 4. The third-order valence-corrected chi connectivity index (χ3v) is 6.25. The molecule has 1 N–H and O–H groups in total. The van der Waals surface area contributed by atoms with E-state index in [-0.39, 0.29) is 0 Å². The zero-order valence-corrected chi connectivity index (χ0v) is 17.3. The van der Waals surface area contributed by atoms with Gasteiger partial charge in [-0.15, -0.1) is 0 Å². The Kier molecular flexibility index (Phi) is 6.04. The van der Waals surface area contributed by atoms with Gasteiger partial charge in [-0.05, 0) is 31.0 Å². The van der Waals surface area contributed by atoms with E-state index in [1.807, 2.05) is 4.68 Å². The molecule has 6 nitrogen and oxygen atoms in total. The van der Waals surface area contributed by atoms with E-state index in [2.05, 4.69) is 60.6 Å². The first-order valence-electron chi connectivity index (χ1n) is 9.79. The van der Waals surface area contributed by atoms with Crippen LogP contribution in [0.1, 0.15) is 16.8 Å². The summed E-state index contributed by atoms with van der Waals surface area (Å²) in [6.45, 7) is 10.6. The van der Waals surface area contributed by atoms with Gasteiger partial charge in [0.25, 0.3) is 0 Å². The monoisotopic (exact) mass is 397 g/mol. The second kappa shape index (κ2) is 8.86. The Morgan fingerprint density at radius 3 is 2.75 bits per heavy atom. The number of rotatable bonds is 7. The Hall–Kier alpha value is -2.22. The maximum atomic E-state index is 5.41. The van der Waals surface area contributed by atoms with Crippen molar-refractivity contribution in [1.29, 1.82) is 0 Å². The van der Waals surface area contributed by atoms with Crippen LogP contribution in [0.5, 0.6) is 0 Å². The summed E-state index contributed by atoms with van der Waals surface area (Å²) in [4.78, 5) is 8.26. The summed E-state index contributed by atoms with van der Waals surface area (Å²) in [6.07, 6.45) is 2.06. The van der Waals surface area contributed by atoms with E-state index < -0.39 is 0 Å². The van der Waals surface area contributed by atoms with Gasteiger partial charge in [0.15, 0.2) is 5.13 Å².